The molecule has 1 aliphatic rings. The molecule has 0 aromatic rings. The Balaban J connectivity index is 3.10. The predicted molar refractivity (Wildman–Crippen MR) is 84.3 cm³/mol. The van der Waals surface area contributed by atoms with Gasteiger partial charge in [0.05, 0.1) is 0 Å². The lowest BCUT2D eigenvalue weighted by Gasteiger charge is -2.47. The fraction of sp³-hybridized carbons (Fsp3) is 1.00. The van der Waals surface area contributed by atoms with E-state index in [-0.39, 0.29) is 12.5 Å². The zero-order chi connectivity index (χ0) is 14.1. The largest absolute Gasteiger partial charge is 0.380 e. The monoisotopic (exact) mass is 311 g/mol. The lowest BCUT2D eigenvalue weighted by atomic mass is 9.68. The summed E-state index contributed by atoms with van der Waals surface area (Å²) in [7, 11) is 0. The first-order valence-corrected chi connectivity index (χ1v) is 10.5. The summed E-state index contributed by atoms with van der Waals surface area (Å²) in [5.41, 5.74) is 2.63. The maximum Gasteiger partial charge on any atom is 0.146 e. The van der Waals surface area contributed by atoms with Crippen LogP contribution in [0.25, 0.3) is 0 Å². The van der Waals surface area contributed by atoms with Gasteiger partial charge in [0.1, 0.15) is 10.8 Å². The van der Waals surface area contributed by atoms with Crippen molar-refractivity contribution in [3.63, 3.8) is 0 Å². The number of aliphatic hydroxyl groups is 1. The number of hydrogen-bond acceptors (Lipinski definition) is 3. The molecule has 5 atom stereocenters. The SMILES string of the molecule is CC1CCC(C(C)C)C(C(O)(CN)P(O)(=S)S)C1. The van der Waals surface area contributed by atoms with E-state index >= 15 is 0 Å². The molecule has 4 N–H and O–H groups in total. The maximum absolute atomic E-state index is 10.8. The Bertz CT molecular complexity index is 334. The second-order valence-electron chi connectivity index (χ2n) is 6.06. The van der Waals surface area contributed by atoms with E-state index in [1.54, 1.807) is 0 Å². The van der Waals surface area contributed by atoms with Crippen molar-refractivity contribution in [2.75, 3.05) is 6.54 Å². The van der Waals surface area contributed by atoms with E-state index in [1.165, 1.54) is 6.42 Å². The Hall–Kier alpha value is 0.880. The van der Waals surface area contributed by atoms with Crippen LogP contribution in [-0.4, -0.2) is 21.9 Å². The fourth-order valence-corrected chi connectivity index (χ4v) is 5.51. The maximum atomic E-state index is 10.8. The van der Waals surface area contributed by atoms with Crippen LogP contribution in [0.1, 0.15) is 40.0 Å². The van der Waals surface area contributed by atoms with Crippen LogP contribution < -0.4 is 5.73 Å². The average Bonchev–Trinajstić information content (AvgIpc) is 2.25. The summed E-state index contributed by atoms with van der Waals surface area (Å²) in [6.45, 7) is 6.48. The minimum absolute atomic E-state index is 0.00904. The molecule has 5 unspecified atom stereocenters. The third-order valence-electron chi connectivity index (χ3n) is 4.42. The number of nitrogens with two attached hydrogens (primary N) is 1. The highest BCUT2D eigenvalue weighted by Crippen LogP contribution is 2.63. The summed E-state index contributed by atoms with van der Waals surface area (Å²) in [5, 5.41) is 9.42. The fourth-order valence-electron chi connectivity index (χ4n) is 3.22. The van der Waals surface area contributed by atoms with Crippen LogP contribution in [0.5, 0.6) is 0 Å². The van der Waals surface area contributed by atoms with Crippen molar-refractivity contribution in [3.05, 3.63) is 0 Å². The topological polar surface area (TPSA) is 66.5 Å². The lowest BCUT2D eigenvalue weighted by molar-refractivity contribution is -0.0111. The van der Waals surface area contributed by atoms with Gasteiger partial charge in [0.2, 0.25) is 0 Å². The van der Waals surface area contributed by atoms with Crippen LogP contribution in [0, 0.1) is 23.7 Å². The van der Waals surface area contributed by atoms with Crippen molar-refractivity contribution >= 4 is 29.5 Å². The Morgan fingerprint density at radius 1 is 1.50 bits per heavy atom. The van der Waals surface area contributed by atoms with Crippen LogP contribution in [0.3, 0.4) is 0 Å². The van der Waals surface area contributed by atoms with E-state index in [0.29, 0.717) is 17.8 Å². The number of hydrogen-bond donors (Lipinski definition) is 4. The quantitative estimate of drug-likeness (QED) is 0.476. The highest BCUT2D eigenvalue weighted by atomic mass is 32.9. The zero-order valence-electron chi connectivity index (χ0n) is 11.4. The smallest absolute Gasteiger partial charge is 0.146 e. The molecule has 1 aliphatic carbocycles. The molecule has 0 amide bonds. The van der Waals surface area contributed by atoms with Crippen LogP contribution in [0.15, 0.2) is 0 Å². The number of thiol groups is 1. The molecule has 1 fully saturated rings. The van der Waals surface area contributed by atoms with Gasteiger partial charge < -0.3 is 15.7 Å². The Kier molecular flexibility index (Phi) is 5.75. The first-order valence-electron chi connectivity index (χ1n) is 6.61. The van der Waals surface area contributed by atoms with Gasteiger partial charge in [-0.2, -0.15) is 0 Å². The summed E-state index contributed by atoms with van der Waals surface area (Å²) in [4.78, 5) is 10.1. The van der Waals surface area contributed by atoms with E-state index in [1.807, 2.05) is 0 Å². The van der Waals surface area contributed by atoms with Crippen molar-refractivity contribution < 1.29 is 10.00 Å². The van der Waals surface area contributed by atoms with E-state index in [2.05, 4.69) is 33.0 Å². The highest BCUT2D eigenvalue weighted by molar-refractivity contribution is 8.61. The third kappa shape index (κ3) is 3.31. The molecule has 1 rings (SSSR count). The zero-order valence-corrected chi connectivity index (χ0v) is 14.0. The molecule has 0 spiro atoms. The summed E-state index contributed by atoms with van der Waals surface area (Å²) < 4.78 is 0. The van der Waals surface area contributed by atoms with Crippen molar-refractivity contribution in [2.24, 2.45) is 29.4 Å². The van der Waals surface area contributed by atoms with Gasteiger partial charge in [0.15, 0.2) is 0 Å². The van der Waals surface area contributed by atoms with E-state index in [9.17, 15) is 10.00 Å². The normalized spacial score (nSPS) is 36.1. The molecule has 0 heterocycles. The van der Waals surface area contributed by atoms with Crippen molar-refractivity contribution in [1.29, 1.82) is 0 Å². The summed E-state index contributed by atoms with van der Waals surface area (Å²) in [5.74, 6) is 1.31. The van der Waals surface area contributed by atoms with Gasteiger partial charge >= 0.3 is 0 Å². The molecule has 1 saturated carbocycles. The van der Waals surface area contributed by atoms with Gasteiger partial charge in [-0.05, 0) is 36.5 Å². The van der Waals surface area contributed by atoms with Crippen molar-refractivity contribution in [1.82, 2.24) is 0 Å². The molecule has 0 saturated heterocycles. The molecule has 0 aromatic carbocycles. The van der Waals surface area contributed by atoms with Crippen LogP contribution in [-0.2, 0) is 11.8 Å². The Labute approximate surface area is 121 Å². The van der Waals surface area contributed by atoms with Crippen LogP contribution >= 0.6 is 17.7 Å². The minimum atomic E-state index is -3.10. The molecule has 6 heteroatoms. The van der Waals surface area contributed by atoms with E-state index < -0.39 is 10.8 Å². The second-order valence-corrected chi connectivity index (χ2v) is 12.1. The van der Waals surface area contributed by atoms with Gasteiger partial charge in [0.25, 0.3) is 0 Å². The van der Waals surface area contributed by atoms with Gasteiger partial charge in [-0.3, -0.25) is 0 Å². The molecular weight excluding hydrogens is 285 g/mol. The molecular formula is C12H26NO2PS2. The lowest BCUT2D eigenvalue weighted by Crippen LogP contribution is -2.49. The molecule has 0 aliphatic heterocycles. The molecule has 0 aromatic heterocycles. The minimum Gasteiger partial charge on any atom is -0.380 e. The average molecular weight is 311 g/mol. The summed E-state index contributed by atoms with van der Waals surface area (Å²) in [6.07, 6.45) is 3.10. The summed E-state index contributed by atoms with van der Waals surface area (Å²) >= 11 is 9.19. The van der Waals surface area contributed by atoms with Crippen molar-refractivity contribution in [3.8, 4) is 0 Å². The van der Waals surface area contributed by atoms with Gasteiger partial charge in [-0.15, -0.1) is 12.2 Å². The van der Waals surface area contributed by atoms with Crippen molar-refractivity contribution in [2.45, 2.75) is 45.4 Å². The molecule has 3 nitrogen and oxygen atoms in total. The molecule has 0 bridgehead atoms. The molecule has 18 heavy (non-hydrogen) atoms. The summed E-state index contributed by atoms with van der Waals surface area (Å²) in [6, 6.07) is 0. The Morgan fingerprint density at radius 2 is 2.06 bits per heavy atom. The first-order chi connectivity index (χ1) is 8.13. The predicted octanol–water partition coefficient (Wildman–Crippen LogP) is 2.57. The number of rotatable bonds is 4. The highest BCUT2D eigenvalue weighted by Gasteiger charge is 2.50. The van der Waals surface area contributed by atoms with Gasteiger partial charge in [-0.1, -0.05) is 39.0 Å². The molecule has 0 radical (unpaired) electrons. The third-order valence-corrected chi connectivity index (χ3v) is 7.93. The van der Waals surface area contributed by atoms with E-state index in [4.69, 9.17) is 17.5 Å². The van der Waals surface area contributed by atoms with Crippen LogP contribution in [0.4, 0.5) is 0 Å². The first kappa shape index (κ1) is 16.9. The van der Waals surface area contributed by atoms with Gasteiger partial charge in [0, 0.05) is 6.54 Å². The van der Waals surface area contributed by atoms with E-state index in [0.717, 1.165) is 12.8 Å². The Morgan fingerprint density at radius 3 is 2.44 bits per heavy atom. The van der Waals surface area contributed by atoms with Gasteiger partial charge in [-0.25, -0.2) is 0 Å². The van der Waals surface area contributed by atoms with Crippen LogP contribution in [0.2, 0.25) is 0 Å². The molecule has 108 valence electrons. The standard InChI is InChI=1S/C12H26NO2PS2/c1-8(2)10-5-4-9(3)6-11(10)12(14,7-13)16(15,17)18/h8-11,14H,4-7,13H2,1-3H3,(H2,15,17,18). The second kappa shape index (κ2) is 6.11.